The van der Waals surface area contributed by atoms with Crippen molar-refractivity contribution >= 4 is 12.2 Å². The quantitative estimate of drug-likeness (QED) is 0.247. The van der Waals surface area contributed by atoms with Crippen LogP contribution in [0.25, 0.3) is 0 Å². The van der Waals surface area contributed by atoms with E-state index in [4.69, 9.17) is 5.84 Å². The number of nitrogens with zero attached hydrogens (tertiary/aromatic N) is 3. The third-order valence-corrected chi connectivity index (χ3v) is 0.905. The Labute approximate surface area is 61.4 Å². The molecule has 0 bridgehead atoms. The highest BCUT2D eigenvalue weighted by Crippen LogP contribution is 1.81. The van der Waals surface area contributed by atoms with Gasteiger partial charge < -0.3 is 0 Å². The number of aliphatic imine (C=N–C) groups is 2. The van der Waals surface area contributed by atoms with E-state index in [-0.39, 0.29) is 0 Å². The van der Waals surface area contributed by atoms with Crippen LogP contribution in [-0.4, -0.2) is 31.3 Å². The molecule has 0 saturated carbocycles. The molecule has 4 nitrogen and oxygen atoms in total. The average molecular weight is 142 g/mol. The van der Waals surface area contributed by atoms with Crippen LogP contribution in [0.2, 0.25) is 0 Å². The van der Waals surface area contributed by atoms with Crippen LogP contribution in [0.5, 0.6) is 0 Å². The van der Waals surface area contributed by atoms with Crippen LogP contribution in [0.15, 0.2) is 9.98 Å². The predicted molar refractivity (Wildman–Crippen MR) is 44.1 cm³/mol. The van der Waals surface area contributed by atoms with Crippen molar-refractivity contribution in [2.24, 2.45) is 15.8 Å². The highest BCUT2D eigenvalue weighted by atomic mass is 15.4. The monoisotopic (exact) mass is 142 g/mol. The molecule has 0 unspecified atom stereocenters. The first-order valence-electron chi connectivity index (χ1n) is 3.20. The Morgan fingerprint density at radius 1 is 1.70 bits per heavy atom. The lowest BCUT2D eigenvalue weighted by Crippen LogP contribution is -2.31. The Balaban J connectivity index is 3.98. The van der Waals surface area contributed by atoms with Gasteiger partial charge in [-0.15, -0.1) is 0 Å². The summed E-state index contributed by atoms with van der Waals surface area (Å²) in [4.78, 5) is 7.83. The molecule has 0 spiro atoms. The molecule has 0 radical (unpaired) electrons. The van der Waals surface area contributed by atoms with Crippen LogP contribution < -0.4 is 5.84 Å². The minimum absolute atomic E-state index is 0.543. The minimum atomic E-state index is 0.543. The molecule has 0 heterocycles. The second-order valence-corrected chi connectivity index (χ2v) is 1.85. The Kier molecular flexibility index (Phi) is 4.49. The SMILES string of the molecule is CC/C=N\C(=NC)N(C)N. The van der Waals surface area contributed by atoms with Gasteiger partial charge in [-0.25, -0.2) is 10.8 Å². The van der Waals surface area contributed by atoms with Crippen molar-refractivity contribution < 1.29 is 0 Å². The van der Waals surface area contributed by atoms with Crippen LogP contribution in [0.3, 0.4) is 0 Å². The number of hydrogen-bond acceptors (Lipinski definition) is 2. The third-order valence-electron chi connectivity index (χ3n) is 0.905. The van der Waals surface area contributed by atoms with Crippen molar-refractivity contribution in [3.63, 3.8) is 0 Å². The van der Waals surface area contributed by atoms with Gasteiger partial charge >= 0.3 is 0 Å². The Hall–Kier alpha value is -0.900. The Morgan fingerprint density at radius 2 is 2.30 bits per heavy atom. The number of hydrogen-bond donors (Lipinski definition) is 1. The molecule has 0 aromatic carbocycles. The van der Waals surface area contributed by atoms with Crippen LogP contribution in [0, 0.1) is 0 Å². The van der Waals surface area contributed by atoms with E-state index in [1.165, 1.54) is 5.01 Å². The van der Waals surface area contributed by atoms with Gasteiger partial charge in [0.05, 0.1) is 0 Å². The smallest absolute Gasteiger partial charge is 0.234 e. The number of nitrogens with two attached hydrogens (primary N) is 1. The highest BCUT2D eigenvalue weighted by molar-refractivity contribution is 5.86. The van der Waals surface area contributed by atoms with Gasteiger partial charge in [0.15, 0.2) is 0 Å². The number of guanidine groups is 1. The van der Waals surface area contributed by atoms with Gasteiger partial charge in [0, 0.05) is 20.3 Å². The molecular weight excluding hydrogens is 128 g/mol. The largest absolute Gasteiger partial charge is 0.282 e. The maximum atomic E-state index is 5.38. The topological polar surface area (TPSA) is 54.0 Å². The molecule has 0 aliphatic heterocycles. The van der Waals surface area contributed by atoms with Crippen molar-refractivity contribution in [2.75, 3.05) is 14.1 Å². The number of hydrazine groups is 1. The van der Waals surface area contributed by atoms with Gasteiger partial charge in [-0.05, 0) is 6.42 Å². The Morgan fingerprint density at radius 3 is 2.60 bits per heavy atom. The fourth-order valence-corrected chi connectivity index (χ4v) is 0.479. The molecule has 0 atom stereocenters. The second-order valence-electron chi connectivity index (χ2n) is 1.85. The van der Waals surface area contributed by atoms with Crippen molar-refractivity contribution in [3.8, 4) is 0 Å². The fraction of sp³-hybridized carbons (Fsp3) is 0.667. The zero-order valence-electron chi connectivity index (χ0n) is 6.70. The molecule has 0 fully saturated rings. The lowest BCUT2D eigenvalue weighted by Gasteiger charge is -2.08. The first kappa shape index (κ1) is 9.10. The van der Waals surface area contributed by atoms with Crippen LogP contribution in [-0.2, 0) is 0 Å². The first-order chi connectivity index (χ1) is 4.72. The van der Waals surface area contributed by atoms with E-state index < -0.39 is 0 Å². The van der Waals surface area contributed by atoms with E-state index in [2.05, 4.69) is 9.98 Å². The highest BCUT2D eigenvalue weighted by Gasteiger charge is 1.93. The summed E-state index contributed by atoms with van der Waals surface area (Å²) < 4.78 is 0. The summed E-state index contributed by atoms with van der Waals surface area (Å²) >= 11 is 0. The van der Waals surface area contributed by atoms with Crippen LogP contribution in [0.1, 0.15) is 13.3 Å². The lowest BCUT2D eigenvalue weighted by atomic mass is 10.5. The standard InChI is InChI=1S/C6H14N4/c1-4-5-9-6(8-2)10(3)7/h5H,4,7H2,1-3H3/b8-6?,9-5-. The molecule has 0 rings (SSSR count). The molecule has 0 aromatic rings. The molecular formula is C6H14N4. The minimum Gasteiger partial charge on any atom is -0.282 e. The third kappa shape index (κ3) is 3.19. The zero-order valence-corrected chi connectivity index (χ0v) is 6.70. The van der Waals surface area contributed by atoms with Gasteiger partial charge in [-0.3, -0.25) is 10.0 Å². The number of rotatable bonds is 1. The van der Waals surface area contributed by atoms with Gasteiger partial charge in [0.25, 0.3) is 0 Å². The van der Waals surface area contributed by atoms with Crippen LogP contribution in [0.4, 0.5) is 0 Å². The molecule has 0 amide bonds. The fourth-order valence-electron chi connectivity index (χ4n) is 0.479. The lowest BCUT2D eigenvalue weighted by molar-refractivity contribution is 0.531. The van der Waals surface area contributed by atoms with E-state index in [1.807, 2.05) is 6.92 Å². The van der Waals surface area contributed by atoms with E-state index in [0.717, 1.165) is 6.42 Å². The van der Waals surface area contributed by atoms with Gasteiger partial charge in [0.1, 0.15) is 0 Å². The summed E-state index contributed by atoms with van der Waals surface area (Å²) in [7, 11) is 3.36. The average Bonchev–Trinajstić information content (AvgIpc) is 1.89. The van der Waals surface area contributed by atoms with E-state index >= 15 is 0 Å². The maximum Gasteiger partial charge on any atom is 0.234 e. The van der Waals surface area contributed by atoms with Gasteiger partial charge in [0.2, 0.25) is 5.96 Å². The van der Waals surface area contributed by atoms with Gasteiger partial charge in [-0.2, -0.15) is 0 Å². The normalized spacial score (nSPS) is 12.6. The molecule has 4 heteroatoms. The van der Waals surface area contributed by atoms with Crippen molar-refractivity contribution in [2.45, 2.75) is 13.3 Å². The molecule has 0 aliphatic rings. The van der Waals surface area contributed by atoms with E-state index in [9.17, 15) is 0 Å². The summed E-state index contributed by atoms with van der Waals surface area (Å²) in [6, 6.07) is 0. The molecule has 58 valence electrons. The van der Waals surface area contributed by atoms with Crippen molar-refractivity contribution in [3.05, 3.63) is 0 Å². The molecule has 10 heavy (non-hydrogen) atoms. The maximum absolute atomic E-state index is 5.38. The van der Waals surface area contributed by atoms with Crippen LogP contribution >= 0.6 is 0 Å². The van der Waals surface area contributed by atoms with E-state index in [0.29, 0.717) is 5.96 Å². The van der Waals surface area contributed by atoms with Crippen molar-refractivity contribution in [1.82, 2.24) is 5.01 Å². The van der Waals surface area contributed by atoms with E-state index in [1.54, 1.807) is 20.3 Å². The molecule has 2 N–H and O–H groups in total. The zero-order chi connectivity index (χ0) is 7.98. The predicted octanol–water partition coefficient (Wildman–Crippen LogP) is 0.259. The summed E-state index contributed by atoms with van der Waals surface area (Å²) in [6.07, 6.45) is 2.67. The second kappa shape index (κ2) is 4.93. The van der Waals surface area contributed by atoms with Crippen molar-refractivity contribution in [1.29, 1.82) is 0 Å². The summed E-state index contributed by atoms with van der Waals surface area (Å²) in [5.74, 6) is 5.92. The van der Waals surface area contributed by atoms with Gasteiger partial charge in [-0.1, -0.05) is 6.92 Å². The summed E-state index contributed by atoms with van der Waals surface area (Å²) in [6.45, 7) is 2.01. The molecule has 0 aromatic heterocycles. The Bertz CT molecular complexity index is 137. The molecule has 0 aliphatic carbocycles. The molecule has 0 saturated heterocycles. The first-order valence-corrected chi connectivity index (χ1v) is 3.20. The summed E-state index contributed by atoms with van der Waals surface area (Å²) in [5, 5.41) is 1.38. The summed E-state index contributed by atoms with van der Waals surface area (Å²) in [5.41, 5.74) is 0.